The van der Waals surface area contributed by atoms with Crippen molar-refractivity contribution in [2.24, 2.45) is 0 Å². The van der Waals surface area contributed by atoms with E-state index in [1.807, 2.05) is 37.3 Å². The molecule has 0 saturated heterocycles. The van der Waals surface area contributed by atoms with Crippen LogP contribution in [0.5, 0.6) is 5.75 Å². The molecule has 0 spiro atoms. The van der Waals surface area contributed by atoms with Crippen molar-refractivity contribution < 1.29 is 14.3 Å². The topological polar surface area (TPSA) is 58.6 Å². The van der Waals surface area contributed by atoms with Gasteiger partial charge in [0.1, 0.15) is 11.8 Å². The van der Waals surface area contributed by atoms with Crippen molar-refractivity contribution in [3.8, 4) is 5.75 Å². The number of benzene rings is 2. The molecule has 174 valence electrons. The molecule has 1 N–H and O–H groups in total. The summed E-state index contributed by atoms with van der Waals surface area (Å²) >= 11 is 9.52. The van der Waals surface area contributed by atoms with Gasteiger partial charge >= 0.3 is 0 Å². The maximum Gasteiger partial charge on any atom is 0.261 e. The van der Waals surface area contributed by atoms with Crippen LogP contribution in [0.15, 0.2) is 46.9 Å². The van der Waals surface area contributed by atoms with Crippen molar-refractivity contribution in [3.05, 3.63) is 63.1 Å². The fourth-order valence-corrected chi connectivity index (χ4v) is 3.98. The Labute approximate surface area is 204 Å². The molecule has 0 aliphatic rings. The molecule has 0 saturated carbocycles. The first kappa shape index (κ1) is 26.2. The van der Waals surface area contributed by atoms with Gasteiger partial charge in [-0.15, -0.1) is 0 Å². The van der Waals surface area contributed by atoms with Crippen molar-refractivity contribution in [3.63, 3.8) is 0 Å². The highest BCUT2D eigenvalue weighted by Crippen LogP contribution is 2.26. The number of hydrogen-bond acceptors (Lipinski definition) is 3. The lowest BCUT2D eigenvalue weighted by molar-refractivity contribution is -0.143. The zero-order chi connectivity index (χ0) is 23.5. The standard InChI is InChI=1S/C25H32BrClN2O3/c1-4-7-14-28-25(31)22(6-3)29(16-19-8-11-20(27)12-9-19)24(30)17-32-23-13-10-18(5-2)15-21(23)26/h8-13,15,22H,4-7,14,16-17H2,1-3H3,(H,28,31). The SMILES string of the molecule is CCCCNC(=O)C(CC)N(Cc1ccc(Cl)cc1)C(=O)COc1ccc(CC)cc1Br. The lowest BCUT2D eigenvalue weighted by atomic mass is 10.1. The Morgan fingerprint density at radius 2 is 1.78 bits per heavy atom. The number of halogens is 2. The maximum absolute atomic E-state index is 13.2. The van der Waals surface area contributed by atoms with E-state index >= 15 is 0 Å². The zero-order valence-corrected chi connectivity index (χ0v) is 21.3. The van der Waals surface area contributed by atoms with E-state index in [0.717, 1.165) is 29.3 Å². The van der Waals surface area contributed by atoms with Crippen LogP contribution in [0.3, 0.4) is 0 Å². The van der Waals surface area contributed by atoms with E-state index in [0.29, 0.717) is 30.3 Å². The summed E-state index contributed by atoms with van der Waals surface area (Å²) in [6.07, 6.45) is 3.31. The molecule has 0 radical (unpaired) electrons. The van der Waals surface area contributed by atoms with E-state index < -0.39 is 6.04 Å². The molecule has 0 bridgehead atoms. The summed E-state index contributed by atoms with van der Waals surface area (Å²) in [7, 11) is 0. The molecule has 0 aliphatic carbocycles. The molecule has 1 unspecified atom stereocenters. The van der Waals surface area contributed by atoms with Gasteiger partial charge in [0.2, 0.25) is 5.91 Å². The molecular weight excluding hydrogens is 492 g/mol. The Morgan fingerprint density at radius 1 is 1.09 bits per heavy atom. The van der Waals surface area contributed by atoms with Gasteiger partial charge in [0.25, 0.3) is 5.91 Å². The van der Waals surface area contributed by atoms with Crippen LogP contribution in [0, 0.1) is 0 Å². The number of amides is 2. The van der Waals surface area contributed by atoms with Gasteiger partial charge in [-0.05, 0) is 70.6 Å². The second kappa shape index (κ2) is 13.5. The lowest BCUT2D eigenvalue weighted by Gasteiger charge is -2.30. The normalized spacial score (nSPS) is 11.7. The molecule has 1 atom stereocenters. The van der Waals surface area contributed by atoms with Gasteiger partial charge in [0.15, 0.2) is 6.61 Å². The van der Waals surface area contributed by atoms with E-state index in [9.17, 15) is 9.59 Å². The van der Waals surface area contributed by atoms with Crippen LogP contribution < -0.4 is 10.1 Å². The van der Waals surface area contributed by atoms with Gasteiger partial charge in [-0.3, -0.25) is 9.59 Å². The molecule has 0 aliphatic heterocycles. The highest BCUT2D eigenvalue weighted by atomic mass is 79.9. The molecule has 5 nitrogen and oxygen atoms in total. The summed E-state index contributed by atoms with van der Waals surface area (Å²) in [5.74, 6) is 0.211. The second-order valence-corrected chi connectivity index (χ2v) is 8.91. The van der Waals surface area contributed by atoms with Crippen molar-refractivity contribution in [2.45, 2.75) is 59.0 Å². The van der Waals surface area contributed by atoms with Crippen LogP contribution >= 0.6 is 27.5 Å². The molecule has 2 rings (SSSR count). The molecule has 2 aromatic rings. The Morgan fingerprint density at radius 3 is 2.38 bits per heavy atom. The van der Waals surface area contributed by atoms with Crippen molar-refractivity contribution in [1.29, 1.82) is 0 Å². The third-order valence-corrected chi connectivity index (χ3v) is 6.11. The quantitative estimate of drug-likeness (QED) is 0.359. The highest BCUT2D eigenvalue weighted by Gasteiger charge is 2.29. The zero-order valence-electron chi connectivity index (χ0n) is 19.0. The molecule has 0 aromatic heterocycles. The Hall–Kier alpha value is -2.05. The number of carbonyl (C=O) groups is 2. The minimum atomic E-state index is -0.579. The van der Waals surface area contributed by atoms with Crippen LogP contribution in [-0.4, -0.2) is 35.9 Å². The maximum atomic E-state index is 13.2. The minimum absolute atomic E-state index is 0.142. The largest absolute Gasteiger partial charge is 0.483 e. The Bertz CT molecular complexity index is 889. The predicted molar refractivity (Wildman–Crippen MR) is 133 cm³/mol. The molecule has 0 fully saturated rings. The first-order valence-electron chi connectivity index (χ1n) is 11.1. The van der Waals surface area contributed by atoms with E-state index in [1.54, 1.807) is 17.0 Å². The minimum Gasteiger partial charge on any atom is -0.483 e. The first-order chi connectivity index (χ1) is 15.4. The summed E-state index contributed by atoms with van der Waals surface area (Å²) in [5, 5.41) is 3.58. The van der Waals surface area contributed by atoms with Gasteiger partial charge < -0.3 is 15.0 Å². The Kier molecular flexibility index (Phi) is 11.0. The third-order valence-electron chi connectivity index (χ3n) is 5.24. The van der Waals surface area contributed by atoms with E-state index in [-0.39, 0.29) is 18.4 Å². The van der Waals surface area contributed by atoms with Crippen LogP contribution in [0.1, 0.15) is 51.2 Å². The summed E-state index contributed by atoms with van der Waals surface area (Å²) in [4.78, 5) is 27.7. The summed E-state index contributed by atoms with van der Waals surface area (Å²) < 4.78 is 6.62. The summed E-state index contributed by atoms with van der Waals surface area (Å²) in [6.45, 7) is 6.81. The van der Waals surface area contributed by atoms with E-state index in [4.69, 9.17) is 16.3 Å². The van der Waals surface area contributed by atoms with Gasteiger partial charge in [0, 0.05) is 18.1 Å². The molecule has 7 heteroatoms. The number of hydrogen-bond donors (Lipinski definition) is 1. The second-order valence-electron chi connectivity index (χ2n) is 7.62. The third kappa shape index (κ3) is 7.82. The number of unbranched alkanes of at least 4 members (excludes halogenated alkanes) is 1. The number of aryl methyl sites for hydroxylation is 1. The van der Waals surface area contributed by atoms with Crippen molar-refractivity contribution >= 4 is 39.3 Å². The number of rotatable bonds is 12. The number of nitrogens with zero attached hydrogens (tertiary/aromatic N) is 1. The van der Waals surface area contributed by atoms with Crippen molar-refractivity contribution in [2.75, 3.05) is 13.2 Å². The summed E-state index contributed by atoms with van der Waals surface area (Å²) in [5.41, 5.74) is 2.07. The average Bonchev–Trinajstić information content (AvgIpc) is 2.79. The molecule has 0 heterocycles. The van der Waals surface area contributed by atoms with Gasteiger partial charge in [-0.25, -0.2) is 0 Å². The van der Waals surface area contributed by atoms with E-state index in [2.05, 4.69) is 35.1 Å². The van der Waals surface area contributed by atoms with Crippen LogP contribution in [0.4, 0.5) is 0 Å². The number of ether oxygens (including phenoxy) is 1. The smallest absolute Gasteiger partial charge is 0.261 e. The van der Waals surface area contributed by atoms with Gasteiger partial charge in [-0.1, -0.05) is 57.0 Å². The molecular formula is C25H32BrClN2O3. The molecule has 2 aromatic carbocycles. The lowest BCUT2D eigenvalue weighted by Crippen LogP contribution is -2.50. The van der Waals surface area contributed by atoms with E-state index in [1.165, 1.54) is 5.56 Å². The van der Waals surface area contributed by atoms with Gasteiger partial charge in [0.05, 0.1) is 4.47 Å². The van der Waals surface area contributed by atoms with Crippen LogP contribution in [0.2, 0.25) is 5.02 Å². The fraction of sp³-hybridized carbons (Fsp3) is 0.440. The van der Waals surface area contributed by atoms with Gasteiger partial charge in [-0.2, -0.15) is 0 Å². The summed E-state index contributed by atoms with van der Waals surface area (Å²) in [6, 6.07) is 12.5. The fourth-order valence-electron chi connectivity index (χ4n) is 3.32. The Balaban J connectivity index is 2.18. The van der Waals surface area contributed by atoms with Crippen molar-refractivity contribution in [1.82, 2.24) is 10.2 Å². The number of carbonyl (C=O) groups excluding carboxylic acids is 2. The first-order valence-corrected chi connectivity index (χ1v) is 12.3. The number of nitrogens with one attached hydrogen (secondary N) is 1. The van der Waals surface area contributed by atoms with Crippen LogP contribution in [0.25, 0.3) is 0 Å². The molecule has 32 heavy (non-hydrogen) atoms. The highest BCUT2D eigenvalue weighted by molar-refractivity contribution is 9.10. The average molecular weight is 524 g/mol. The monoisotopic (exact) mass is 522 g/mol. The molecule has 2 amide bonds. The predicted octanol–water partition coefficient (Wildman–Crippen LogP) is 5.77. The van der Waals surface area contributed by atoms with Crippen LogP contribution in [-0.2, 0) is 22.6 Å².